The van der Waals surface area contributed by atoms with Crippen LogP contribution in [-0.4, -0.2) is 29.8 Å². The fraction of sp³-hybridized carbons (Fsp3) is 0.308. The van der Waals surface area contributed by atoms with Crippen LogP contribution in [0.4, 0.5) is 5.69 Å². The molecule has 2 amide bonds. The molecule has 2 heterocycles. The van der Waals surface area contributed by atoms with E-state index in [1.807, 2.05) is 88.8 Å². The normalized spacial score (nSPS) is 18.2. The molecule has 4 nitrogen and oxygen atoms in total. The lowest BCUT2D eigenvalue weighted by Crippen LogP contribution is -2.49. The van der Waals surface area contributed by atoms with Crippen molar-refractivity contribution >= 4 is 28.8 Å². The van der Waals surface area contributed by atoms with Crippen molar-refractivity contribution in [3.8, 4) is 0 Å². The van der Waals surface area contributed by atoms with Crippen molar-refractivity contribution in [1.29, 1.82) is 0 Å². The fourth-order valence-electron chi connectivity index (χ4n) is 4.47. The molecule has 31 heavy (non-hydrogen) atoms. The van der Waals surface area contributed by atoms with E-state index in [9.17, 15) is 9.59 Å². The highest BCUT2D eigenvalue weighted by Crippen LogP contribution is 2.45. The minimum absolute atomic E-state index is 0.00881. The van der Waals surface area contributed by atoms with E-state index in [1.165, 1.54) is 0 Å². The molecule has 2 atom stereocenters. The number of carbonyl (C=O) groups is 2. The zero-order chi connectivity index (χ0) is 22.0. The third-order valence-corrected chi connectivity index (χ3v) is 6.69. The van der Waals surface area contributed by atoms with E-state index in [4.69, 9.17) is 0 Å². The van der Waals surface area contributed by atoms with Crippen molar-refractivity contribution in [3.63, 3.8) is 0 Å². The molecule has 1 aliphatic heterocycles. The zero-order valence-electron chi connectivity index (χ0n) is 18.2. The van der Waals surface area contributed by atoms with Gasteiger partial charge in [0.1, 0.15) is 0 Å². The second kappa shape index (κ2) is 9.06. The number of thiophene rings is 1. The van der Waals surface area contributed by atoms with Crippen LogP contribution in [-0.2, 0) is 4.79 Å². The van der Waals surface area contributed by atoms with E-state index in [0.29, 0.717) is 24.6 Å². The van der Waals surface area contributed by atoms with Gasteiger partial charge in [-0.1, -0.05) is 56.3 Å². The molecule has 160 valence electrons. The highest BCUT2D eigenvalue weighted by Gasteiger charge is 2.45. The van der Waals surface area contributed by atoms with E-state index < -0.39 is 5.92 Å². The third kappa shape index (κ3) is 4.02. The molecule has 0 aliphatic carbocycles. The molecule has 1 aromatic heterocycles. The first-order valence-electron chi connectivity index (χ1n) is 10.8. The number of hydrogen-bond donors (Lipinski definition) is 0. The van der Waals surface area contributed by atoms with Crippen LogP contribution in [0.1, 0.15) is 53.5 Å². The van der Waals surface area contributed by atoms with Gasteiger partial charge in [-0.15, -0.1) is 11.3 Å². The molecule has 0 saturated heterocycles. The second-order valence-electron chi connectivity index (χ2n) is 8.29. The molecular weight excluding hydrogens is 404 g/mol. The molecule has 0 saturated carbocycles. The van der Waals surface area contributed by atoms with Gasteiger partial charge in [-0.05, 0) is 48.1 Å². The number of hydrogen-bond acceptors (Lipinski definition) is 3. The van der Waals surface area contributed by atoms with Crippen LogP contribution in [0.3, 0.4) is 0 Å². The summed E-state index contributed by atoms with van der Waals surface area (Å²) < 4.78 is 0. The largest absolute Gasteiger partial charge is 0.329 e. The van der Waals surface area contributed by atoms with Crippen LogP contribution >= 0.6 is 11.3 Å². The van der Waals surface area contributed by atoms with Gasteiger partial charge in [0.2, 0.25) is 5.91 Å². The Kier molecular flexibility index (Phi) is 6.23. The smallest absolute Gasteiger partial charge is 0.254 e. The van der Waals surface area contributed by atoms with E-state index in [1.54, 1.807) is 11.3 Å². The molecule has 0 spiro atoms. The minimum Gasteiger partial charge on any atom is -0.329 e. The number of carbonyl (C=O) groups excluding carboxylic acids is 2. The summed E-state index contributed by atoms with van der Waals surface area (Å²) in [5.74, 6) is -0.120. The van der Waals surface area contributed by atoms with Crippen molar-refractivity contribution in [2.75, 3.05) is 18.0 Å². The van der Waals surface area contributed by atoms with Crippen LogP contribution in [0.5, 0.6) is 0 Å². The molecule has 0 bridgehead atoms. The molecule has 2 aromatic carbocycles. The van der Waals surface area contributed by atoms with Gasteiger partial charge in [0.15, 0.2) is 0 Å². The maximum atomic E-state index is 14.1. The number of amides is 2. The van der Waals surface area contributed by atoms with Gasteiger partial charge < -0.3 is 9.80 Å². The molecule has 0 N–H and O–H groups in total. The Morgan fingerprint density at radius 2 is 1.74 bits per heavy atom. The van der Waals surface area contributed by atoms with E-state index in [0.717, 1.165) is 16.1 Å². The Labute approximate surface area is 188 Å². The number of fused-ring (bicyclic) bond motifs is 1. The van der Waals surface area contributed by atoms with Gasteiger partial charge in [-0.3, -0.25) is 9.59 Å². The summed E-state index contributed by atoms with van der Waals surface area (Å²) in [6.45, 7) is 7.39. The van der Waals surface area contributed by atoms with Crippen LogP contribution in [0.15, 0.2) is 72.1 Å². The summed E-state index contributed by atoms with van der Waals surface area (Å²) in [7, 11) is 0. The van der Waals surface area contributed by atoms with Gasteiger partial charge in [-0.25, -0.2) is 0 Å². The molecular formula is C26H28N2O2S. The first-order chi connectivity index (χ1) is 15.0. The SMILES string of the molecule is CCN(C(=O)[C@H]1c2ccccc2C(=O)N(CC(C)C)[C@H]1c1cccs1)c1ccccc1. The van der Waals surface area contributed by atoms with Gasteiger partial charge in [0, 0.05) is 29.2 Å². The van der Waals surface area contributed by atoms with Crippen molar-refractivity contribution in [2.24, 2.45) is 5.92 Å². The number of nitrogens with zero attached hydrogens (tertiary/aromatic N) is 2. The number of para-hydroxylation sites is 1. The van der Waals surface area contributed by atoms with Crippen LogP contribution < -0.4 is 4.90 Å². The van der Waals surface area contributed by atoms with Crippen LogP contribution in [0, 0.1) is 5.92 Å². The second-order valence-corrected chi connectivity index (χ2v) is 9.27. The fourth-order valence-corrected chi connectivity index (χ4v) is 5.35. The van der Waals surface area contributed by atoms with Crippen molar-refractivity contribution in [2.45, 2.75) is 32.7 Å². The summed E-state index contributed by atoms with van der Waals surface area (Å²) in [5.41, 5.74) is 2.34. The average molecular weight is 433 g/mol. The lowest BCUT2D eigenvalue weighted by atomic mass is 9.80. The number of rotatable bonds is 6. The molecule has 0 unspecified atom stereocenters. The van der Waals surface area contributed by atoms with Crippen LogP contribution in [0.25, 0.3) is 0 Å². The summed E-state index contributed by atoms with van der Waals surface area (Å²) >= 11 is 1.61. The lowest BCUT2D eigenvalue weighted by Gasteiger charge is -2.43. The molecule has 4 rings (SSSR count). The minimum atomic E-state index is -0.452. The van der Waals surface area contributed by atoms with Crippen LogP contribution in [0.2, 0.25) is 0 Å². The zero-order valence-corrected chi connectivity index (χ0v) is 19.0. The maximum absolute atomic E-state index is 14.1. The summed E-state index contributed by atoms with van der Waals surface area (Å²) in [6, 6.07) is 21.1. The first kappa shape index (κ1) is 21.3. The van der Waals surface area contributed by atoms with Crippen molar-refractivity contribution in [3.05, 3.63) is 88.1 Å². The summed E-state index contributed by atoms with van der Waals surface area (Å²) in [5, 5.41) is 2.02. The van der Waals surface area contributed by atoms with E-state index in [-0.39, 0.29) is 17.9 Å². The highest BCUT2D eigenvalue weighted by atomic mass is 32.1. The Bertz CT molecular complexity index is 1050. The van der Waals surface area contributed by atoms with Gasteiger partial charge >= 0.3 is 0 Å². The number of anilines is 1. The van der Waals surface area contributed by atoms with Gasteiger partial charge in [-0.2, -0.15) is 0 Å². The number of likely N-dealkylation sites (N-methyl/N-ethyl adjacent to an activating group) is 1. The van der Waals surface area contributed by atoms with Crippen molar-refractivity contribution in [1.82, 2.24) is 4.90 Å². The monoisotopic (exact) mass is 432 g/mol. The standard InChI is InChI=1S/C26H28N2O2S/c1-4-27(19-11-6-5-7-12-19)26(30)23-20-13-8-9-14-21(20)25(29)28(17-18(2)3)24(23)22-15-10-16-31-22/h5-16,18,23-24H,4,17H2,1-3H3/t23-,24-/m0/s1. The topological polar surface area (TPSA) is 40.6 Å². The Balaban J connectivity index is 1.88. The van der Waals surface area contributed by atoms with Gasteiger partial charge in [0.25, 0.3) is 5.91 Å². The quantitative estimate of drug-likeness (QED) is 0.498. The Morgan fingerprint density at radius 1 is 1.03 bits per heavy atom. The highest BCUT2D eigenvalue weighted by molar-refractivity contribution is 7.10. The molecule has 1 aliphatic rings. The Hall–Kier alpha value is -2.92. The molecule has 0 radical (unpaired) electrons. The van der Waals surface area contributed by atoms with E-state index >= 15 is 0 Å². The number of benzene rings is 2. The first-order valence-corrected chi connectivity index (χ1v) is 11.7. The Morgan fingerprint density at radius 3 is 2.39 bits per heavy atom. The maximum Gasteiger partial charge on any atom is 0.254 e. The molecule has 0 fully saturated rings. The van der Waals surface area contributed by atoms with E-state index in [2.05, 4.69) is 13.8 Å². The average Bonchev–Trinajstić information content (AvgIpc) is 3.31. The predicted molar refractivity (Wildman–Crippen MR) is 127 cm³/mol. The third-order valence-electron chi connectivity index (χ3n) is 5.75. The summed E-state index contributed by atoms with van der Waals surface area (Å²) in [6.07, 6.45) is 0. The lowest BCUT2D eigenvalue weighted by molar-refractivity contribution is -0.121. The molecule has 3 aromatic rings. The predicted octanol–water partition coefficient (Wildman–Crippen LogP) is 5.74. The summed E-state index contributed by atoms with van der Waals surface area (Å²) in [4.78, 5) is 32.5. The van der Waals surface area contributed by atoms with Gasteiger partial charge in [0.05, 0.1) is 12.0 Å². The molecule has 5 heteroatoms. The van der Waals surface area contributed by atoms with Crippen molar-refractivity contribution < 1.29 is 9.59 Å².